The van der Waals surface area contributed by atoms with E-state index in [1.165, 1.54) is 5.56 Å². The van der Waals surface area contributed by atoms with E-state index in [0.29, 0.717) is 26.0 Å². The van der Waals surface area contributed by atoms with Crippen LogP contribution >= 0.6 is 0 Å². The fraction of sp³-hybridized carbons (Fsp3) is 0.467. The van der Waals surface area contributed by atoms with E-state index in [9.17, 15) is 9.59 Å². The number of likely N-dealkylation sites (tertiary alicyclic amines) is 1. The van der Waals surface area contributed by atoms with Gasteiger partial charge in [0.25, 0.3) is 0 Å². The first-order valence-electron chi connectivity index (χ1n) is 12.9. The highest BCUT2D eigenvalue weighted by molar-refractivity contribution is 5.81. The van der Waals surface area contributed by atoms with Crippen LogP contribution < -0.4 is 10.1 Å². The molecule has 194 valence electrons. The molecule has 0 bridgehead atoms. The molecule has 0 spiro atoms. The van der Waals surface area contributed by atoms with Crippen molar-refractivity contribution in [1.29, 1.82) is 0 Å². The summed E-state index contributed by atoms with van der Waals surface area (Å²) in [6.45, 7) is 11.1. The second kappa shape index (κ2) is 13.1. The van der Waals surface area contributed by atoms with Crippen LogP contribution in [0.1, 0.15) is 51.2 Å². The van der Waals surface area contributed by atoms with Crippen LogP contribution in [0.3, 0.4) is 0 Å². The van der Waals surface area contributed by atoms with Gasteiger partial charge in [-0.3, -0.25) is 4.79 Å². The summed E-state index contributed by atoms with van der Waals surface area (Å²) in [5.41, 5.74) is 1.89. The molecule has 6 nitrogen and oxygen atoms in total. The highest BCUT2D eigenvalue weighted by Crippen LogP contribution is 2.29. The number of aryl methyl sites for hydroxylation is 1. The molecular formula is C30H40N2O4. The lowest BCUT2D eigenvalue weighted by atomic mass is 10.0. The fourth-order valence-electron chi connectivity index (χ4n) is 4.49. The van der Waals surface area contributed by atoms with Crippen LogP contribution in [0.2, 0.25) is 0 Å². The molecule has 2 amide bonds. The molecule has 2 atom stereocenters. The van der Waals surface area contributed by atoms with Gasteiger partial charge in [0.05, 0.1) is 6.04 Å². The average Bonchev–Trinajstić information content (AvgIpc) is 3.13. The van der Waals surface area contributed by atoms with Crippen LogP contribution in [0.5, 0.6) is 5.75 Å². The van der Waals surface area contributed by atoms with Gasteiger partial charge in [0.15, 0.2) is 0 Å². The molecule has 2 aromatic rings. The summed E-state index contributed by atoms with van der Waals surface area (Å²) in [7, 11) is 0. The molecule has 2 aromatic carbocycles. The van der Waals surface area contributed by atoms with E-state index in [4.69, 9.17) is 9.47 Å². The Labute approximate surface area is 215 Å². The van der Waals surface area contributed by atoms with Gasteiger partial charge in [-0.1, -0.05) is 48.5 Å². The predicted molar refractivity (Wildman–Crippen MR) is 143 cm³/mol. The van der Waals surface area contributed by atoms with Crippen molar-refractivity contribution in [2.75, 3.05) is 19.7 Å². The van der Waals surface area contributed by atoms with Crippen molar-refractivity contribution in [2.45, 2.75) is 64.5 Å². The lowest BCUT2D eigenvalue weighted by molar-refractivity contribution is -0.132. The molecule has 1 aliphatic rings. The number of carbonyl (C=O) groups excluding carboxylic acids is 2. The van der Waals surface area contributed by atoms with E-state index in [1.54, 1.807) is 0 Å². The zero-order valence-corrected chi connectivity index (χ0v) is 21.9. The Balaban J connectivity index is 1.48. The average molecular weight is 493 g/mol. The number of ether oxygens (including phenoxy) is 2. The zero-order chi connectivity index (χ0) is 26.0. The van der Waals surface area contributed by atoms with E-state index in [0.717, 1.165) is 37.1 Å². The molecular weight excluding hydrogens is 452 g/mol. The molecule has 1 saturated heterocycles. The quantitative estimate of drug-likeness (QED) is 0.394. The number of hydrogen-bond acceptors (Lipinski definition) is 4. The lowest BCUT2D eigenvalue weighted by Gasteiger charge is -2.25. The summed E-state index contributed by atoms with van der Waals surface area (Å²) in [4.78, 5) is 26.8. The molecule has 0 aromatic heterocycles. The maximum Gasteiger partial charge on any atom is 0.407 e. The van der Waals surface area contributed by atoms with Crippen LogP contribution in [0.25, 0.3) is 0 Å². The largest absolute Gasteiger partial charge is 0.491 e. The number of nitrogens with zero attached hydrogens (tertiary/aromatic N) is 1. The van der Waals surface area contributed by atoms with Crippen molar-refractivity contribution >= 4 is 12.0 Å². The molecule has 3 rings (SSSR count). The number of benzene rings is 2. The van der Waals surface area contributed by atoms with Crippen molar-refractivity contribution in [2.24, 2.45) is 5.92 Å². The minimum Gasteiger partial charge on any atom is -0.491 e. The van der Waals surface area contributed by atoms with Gasteiger partial charge in [0.2, 0.25) is 5.91 Å². The Morgan fingerprint density at radius 1 is 1.08 bits per heavy atom. The van der Waals surface area contributed by atoms with E-state index in [1.807, 2.05) is 62.1 Å². The van der Waals surface area contributed by atoms with Crippen LogP contribution in [0, 0.1) is 5.92 Å². The number of amides is 2. The first kappa shape index (κ1) is 27.3. The normalized spacial score (nSPS) is 17.6. The standard InChI is InChI=1S/C30H40N2O4/c1-5-10-25-21-26(32(28(25)33)20-9-13-23-11-7-6-8-12-23)22-35-27-16-14-24(15-17-27)18-19-31-29(34)36-30(2,3)4/h5-8,11-12,14-17,25-26H,1,9-10,13,18-22H2,2-4H3,(H,31,34)/t25-,26+/m1/s1. The molecule has 1 fully saturated rings. The Morgan fingerprint density at radius 2 is 1.78 bits per heavy atom. The summed E-state index contributed by atoms with van der Waals surface area (Å²) in [5.74, 6) is 0.986. The summed E-state index contributed by atoms with van der Waals surface area (Å²) in [5, 5.41) is 2.78. The van der Waals surface area contributed by atoms with Crippen molar-refractivity contribution in [3.8, 4) is 5.75 Å². The minimum absolute atomic E-state index is 0.00678. The van der Waals surface area contributed by atoms with Crippen molar-refractivity contribution in [3.05, 3.63) is 78.4 Å². The van der Waals surface area contributed by atoms with Gasteiger partial charge in [-0.25, -0.2) is 4.79 Å². The van der Waals surface area contributed by atoms with Gasteiger partial charge in [0, 0.05) is 19.0 Å². The summed E-state index contributed by atoms with van der Waals surface area (Å²) < 4.78 is 11.4. The maximum absolute atomic E-state index is 13.0. The van der Waals surface area contributed by atoms with Gasteiger partial charge in [0.1, 0.15) is 18.0 Å². The highest BCUT2D eigenvalue weighted by Gasteiger charge is 2.38. The van der Waals surface area contributed by atoms with Crippen LogP contribution in [-0.2, 0) is 22.4 Å². The van der Waals surface area contributed by atoms with E-state index >= 15 is 0 Å². The third-order valence-corrected chi connectivity index (χ3v) is 6.24. The highest BCUT2D eigenvalue weighted by atomic mass is 16.6. The monoisotopic (exact) mass is 492 g/mol. The number of allylic oxidation sites excluding steroid dienone is 1. The summed E-state index contributed by atoms with van der Waals surface area (Å²) in [6, 6.07) is 18.3. The minimum atomic E-state index is -0.504. The predicted octanol–water partition coefficient (Wildman–Crippen LogP) is 5.56. The number of carbonyl (C=O) groups is 2. The SMILES string of the molecule is C=CC[C@@H]1C[C@@H](COc2ccc(CCNC(=O)OC(C)(C)C)cc2)N(CCCc2ccccc2)C1=O. The first-order valence-corrected chi connectivity index (χ1v) is 12.9. The molecule has 1 N–H and O–H groups in total. The molecule has 6 heteroatoms. The third-order valence-electron chi connectivity index (χ3n) is 6.24. The maximum atomic E-state index is 13.0. The number of rotatable bonds is 12. The Hall–Kier alpha value is -3.28. The second-order valence-corrected chi connectivity index (χ2v) is 10.4. The molecule has 0 radical (unpaired) electrons. The van der Waals surface area contributed by atoms with Crippen molar-refractivity contribution in [3.63, 3.8) is 0 Å². The molecule has 1 aliphatic heterocycles. The first-order chi connectivity index (χ1) is 17.2. The fourth-order valence-corrected chi connectivity index (χ4v) is 4.49. The Morgan fingerprint density at radius 3 is 2.44 bits per heavy atom. The molecule has 0 saturated carbocycles. The number of alkyl carbamates (subject to hydrolysis) is 1. The van der Waals surface area contributed by atoms with Crippen LogP contribution in [0.15, 0.2) is 67.3 Å². The van der Waals surface area contributed by atoms with Crippen LogP contribution in [-0.4, -0.2) is 48.2 Å². The number of nitrogens with one attached hydrogen (secondary N) is 1. The summed E-state index contributed by atoms with van der Waals surface area (Å²) in [6.07, 6.45) is 5.52. The van der Waals surface area contributed by atoms with Crippen LogP contribution in [0.4, 0.5) is 4.79 Å². The summed E-state index contributed by atoms with van der Waals surface area (Å²) >= 11 is 0. The smallest absolute Gasteiger partial charge is 0.407 e. The van der Waals surface area contributed by atoms with Crippen molar-refractivity contribution < 1.29 is 19.1 Å². The van der Waals surface area contributed by atoms with Gasteiger partial charge >= 0.3 is 6.09 Å². The number of hydrogen-bond donors (Lipinski definition) is 1. The molecule has 1 heterocycles. The zero-order valence-electron chi connectivity index (χ0n) is 21.9. The van der Waals surface area contributed by atoms with Gasteiger partial charge in [-0.05, 0) is 76.1 Å². The molecule has 0 aliphatic carbocycles. The molecule has 0 unspecified atom stereocenters. The van der Waals surface area contributed by atoms with E-state index < -0.39 is 11.7 Å². The van der Waals surface area contributed by atoms with E-state index in [-0.39, 0.29) is 17.9 Å². The Kier molecular flexibility index (Phi) is 9.97. The second-order valence-electron chi connectivity index (χ2n) is 10.4. The van der Waals surface area contributed by atoms with Crippen molar-refractivity contribution in [1.82, 2.24) is 10.2 Å². The third kappa shape index (κ3) is 8.74. The Bertz CT molecular complexity index is 982. The van der Waals surface area contributed by atoms with Gasteiger partial charge in [-0.15, -0.1) is 6.58 Å². The lowest BCUT2D eigenvalue weighted by Crippen LogP contribution is -2.38. The van der Waals surface area contributed by atoms with Gasteiger partial charge in [-0.2, -0.15) is 0 Å². The molecule has 36 heavy (non-hydrogen) atoms. The topological polar surface area (TPSA) is 67.9 Å². The van der Waals surface area contributed by atoms with Gasteiger partial charge < -0.3 is 19.7 Å². The van der Waals surface area contributed by atoms with E-state index in [2.05, 4.69) is 36.2 Å².